The number of fused-ring (bicyclic) bond motifs is 1. The van der Waals surface area contributed by atoms with Crippen molar-refractivity contribution in [3.63, 3.8) is 0 Å². The Labute approximate surface area is 196 Å². The Hall–Kier alpha value is -2.94. The number of hydrogen-bond donors (Lipinski definition) is 0. The fraction of sp³-hybridized carbons (Fsp3) is 0.375. The molecule has 1 fully saturated rings. The Balaban J connectivity index is 1.36. The van der Waals surface area contributed by atoms with Crippen molar-refractivity contribution in [2.24, 2.45) is 0 Å². The zero-order chi connectivity index (χ0) is 22.9. The van der Waals surface area contributed by atoms with E-state index in [1.165, 1.54) is 0 Å². The Kier molecular flexibility index (Phi) is 6.05. The van der Waals surface area contributed by atoms with Crippen LogP contribution < -0.4 is 4.74 Å². The average Bonchev–Trinajstić information content (AvgIpc) is 3.19. The molecule has 0 N–H and O–H groups in total. The van der Waals surface area contributed by atoms with E-state index in [4.69, 9.17) is 30.2 Å². The van der Waals surface area contributed by atoms with Gasteiger partial charge in [0.1, 0.15) is 17.5 Å². The maximum atomic E-state index is 6.37. The predicted octanol–water partition coefficient (Wildman–Crippen LogP) is 5.35. The largest absolute Gasteiger partial charge is 0.489 e. The number of ether oxygens (including phenoxy) is 3. The van der Waals surface area contributed by atoms with Crippen LogP contribution in [0.4, 0.5) is 0 Å². The van der Waals surface area contributed by atoms with E-state index < -0.39 is 0 Å². The lowest BCUT2D eigenvalue weighted by Gasteiger charge is -2.11. The molecule has 33 heavy (non-hydrogen) atoms. The minimum atomic E-state index is -0.0725. The van der Waals surface area contributed by atoms with Crippen molar-refractivity contribution in [2.75, 3.05) is 6.61 Å². The highest BCUT2D eigenvalue weighted by molar-refractivity contribution is 6.32. The van der Waals surface area contributed by atoms with Crippen LogP contribution in [-0.2, 0) is 16.0 Å². The van der Waals surface area contributed by atoms with Crippen molar-refractivity contribution in [1.82, 2.24) is 19.7 Å². The van der Waals surface area contributed by atoms with Crippen LogP contribution >= 0.6 is 11.6 Å². The Morgan fingerprint density at radius 2 is 2.00 bits per heavy atom. The van der Waals surface area contributed by atoms with Gasteiger partial charge in [-0.1, -0.05) is 11.6 Å². The fourth-order valence-corrected chi connectivity index (χ4v) is 4.02. The number of nitrogens with zero attached hydrogens (tertiary/aromatic N) is 4. The summed E-state index contributed by atoms with van der Waals surface area (Å²) < 4.78 is 24.8. The number of aryl methyl sites for hydroxylation is 1. The monoisotopic (exact) mass is 468 g/mol. The number of halogens is 1. The molecule has 4 heterocycles. The van der Waals surface area contributed by atoms with Crippen LogP contribution in [0.1, 0.15) is 27.2 Å². The van der Waals surface area contributed by atoms with Crippen LogP contribution in [0.3, 0.4) is 0 Å². The highest BCUT2D eigenvalue weighted by Crippen LogP contribution is 2.34. The third kappa shape index (κ3) is 4.59. The summed E-state index contributed by atoms with van der Waals surface area (Å²) in [7, 11) is 0. The first-order valence-electron chi connectivity index (χ1n) is 11.0. The van der Waals surface area contributed by atoms with Crippen molar-refractivity contribution >= 4 is 22.6 Å². The first kappa shape index (κ1) is 21.9. The minimum absolute atomic E-state index is 0.0349. The van der Waals surface area contributed by atoms with Gasteiger partial charge in [0.05, 0.1) is 16.7 Å². The van der Waals surface area contributed by atoms with Gasteiger partial charge in [0, 0.05) is 36.5 Å². The van der Waals surface area contributed by atoms with E-state index in [0.717, 1.165) is 35.1 Å². The number of aromatic nitrogens is 4. The van der Waals surface area contributed by atoms with E-state index in [2.05, 4.69) is 19.7 Å². The summed E-state index contributed by atoms with van der Waals surface area (Å²) in [5, 5.41) is 9.95. The van der Waals surface area contributed by atoms with Crippen molar-refractivity contribution in [2.45, 2.75) is 52.2 Å². The van der Waals surface area contributed by atoms with Crippen molar-refractivity contribution in [3.8, 4) is 28.7 Å². The molecule has 2 atom stereocenters. The maximum Gasteiger partial charge on any atom is 0.248 e. The highest BCUT2D eigenvalue weighted by atomic mass is 35.5. The van der Waals surface area contributed by atoms with Crippen molar-refractivity contribution in [3.05, 3.63) is 47.7 Å². The molecule has 2 unspecified atom stereocenters. The zero-order valence-electron chi connectivity index (χ0n) is 18.7. The average molecular weight is 469 g/mol. The number of benzene rings is 1. The molecule has 5 rings (SSSR count). The molecule has 1 aliphatic heterocycles. The first-order valence-corrected chi connectivity index (χ1v) is 11.4. The normalized spacial score (nSPS) is 17.7. The third-order valence-corrected chi connectivity index (χ3v) is 5.68. The molecule has 4 aromatic rings. The van der Waals surface area contributed by atoms with E-state index in [0.29, 0.717) is 29.2 Å². The second kappa shape index (κ2) is 9.13. The van der Waals surface area contributed by atoms with E-state index >= 15 is 0 Å². The van der Waals surface area contributed by atoms with E-state index in [9.17, 15) is 0 Å². The smallest absolute Gasteiger partial charge is 0.248 e. The SMILES string of the molecule is CCOC1OC1CCn1ccc2c(-c3nnc(-c4ccc(OC(C)C)c(Cl)c4)o3)ccnc21. The van der Waals surface area contributed by atoms with Gasteiger partial charge < -0.3 is 23.2 Å². The molecule has 1 saturated heterocycles. The van der Waals surface area contributed by atoms with Gasteiger partial charge in [-0.3, -0.25) is 0 Å². The van der Waals surface area contributed by atoms with E-state index in [-0.39, 0.29) is 18.5 Å². The number of rotatable bonds is 9. The molecule has 0 saturated carbocycles. The second-order valence-corrected chi connectivity index (χ2v) is 8.52. The summed E-state index contributed by atoms with van der Waals surface area (Å²) in [5.74, 6) is 1.44. The van der Waals surface area contributed by atoms with Gasteiger partial charge in [0.25, 0.3) is 0 Å². The zero-order valence-corrected chi connectivity index (χ0v) is 19.5. The summed E-state index contributed by atoms with van der Waals surface area (Å²) in [6, 6.07) is 9.33. The highest BCUT2D eigenvalue weighted by Gasteiger charge is 2.39. The van der Waals surface area contributed by atoms with Crippen LogP contribution in [0.15, 0.2) is 47.1 Å². The van der Waals surface area contributed by atoms with Crippen molar-refractivity contribution < 1.29 is 18.6 Å². The van der Waals surface area contributed by atoms with Crippen LogP contribution in [0.2, 0.25) is 5.02 Å². The van der Waals surface area contributed by atoms with Gasteiger partial charge in [0.15, 0.2) is 6.29 Å². The van der Waals surface area contributed by atoms with Gasteiger partial charge in [0.2, 0.25) is 11.8 Å². The molecular weight excluding hydrogens is 444 g/mol. The molecule has 0 bridgehead atoms. The Morgan fingerprint density at radius 3 is 2.79 bits per heavy atom. The summed E-state index contributed by atoms with van der Waals surface area (Å²) >= 11 is 6.37. The summed E-state index contributed by atoms with van der Waals surface area (Å²) in [5.41, 5.74) is 2.42. The van der Waals surface area contributed by atoms with Gasteiger partial charge in [-0.05, 0) is 57.5 Å². The lowest BCUT2D eigenvalue weighted by atomic mass is 10.2. The standard InChI is InChI=1S/C24H25ClN4O4/c1-4-30-24-20(32-24)9-12-29-11-8-16-17(7-10-26-21(16)29)23-28-27-22(33-23)15-5-6-19(18(25)13-15)31-14(2)3/h5-8,10-11,13-14,20,24H,4,9,12H2,1-3H3. The molecular formula is C24H25ClN4O4. The molecule has 0 aliphatic carbocycles. The fourth-order valence-electron chi connectivity index (χ4n) is 3.80. The van der Waals surface area contributed by atoms with Gasteiger partial charge in [-0.15, -0.1) is 10.2 Å². The van der Waals surface area contributed by atoms with Crippen LogP contribution in [-0.4, -0.2) is 44.9 Å². The summed E-state index contributed by atoms with van der Waals surface area (Å²) in [4.78, 5) is 4.56. The molecule has 0 amide bonds. The molecule has 0 spiro atoms. The quantitative estimate of drug-likeness (QED) is 0.306. The van der Waals surface area contributed by atoms with E-state index in [1.807, 2.05) is 51.2 Å². The predicted molar refractivity (Wildman–Crippen MR) is 124 cm³/mol. The Morgan fingerprint density at radius 1 is 1.15 bits per heavy atom. The minimum Gasteiger partial charge on any atom is -0.489 e. The first-order chi connectivity index (χ1) is 16.0. The lowest BCUT2D eigenvalue weighted by molar-refractivity contribution is 0.0593. The molecule has 9 heteroatoms. The molecule has 1 aliphatic rings. The number of pyridine rings is 1. The molecule has 3 aromatic heterocycles. The van der Waals surface area contributed by atoms with Gasteiger partial charge >= 0.3 is 0 Å². The summed E-state index contributed by atoms with van der Waals surface area (Å²) in [6.45, 7) is 7.32. The third-order valence-electron chi connectivity index (χ3n) is 5.38. The number of hydrogen-bond acceptors (Lipinski definition) is 7. The molecule has 8 nitrogen and oxygen atoms in total. The lowest BCUT2D eigenvalue weighted by Crippen LogP contribution is -2.05. The van der Waals surface area contributed by atoms with Gasteiger partial charge in [-0.25, -0.2) is 4.98 Å². The van der Waals surface area contributed by atoms with E-state index in [1.54, 1.807) is 12.3 Å². The van der Waals surface area contributed by atoms with Crippen LogP contribution in [0, 0.1) is 0 Å². The number of epoxide rings is 1. The summed E-state index contributed by atoms with van der Waals surface area (Å²) in [6.07, 6.45) is 4.74. The Bertz CT molecular complexity index is 1270. The molecule has 1 aromatic carbocycles. The van der Waals surface area contributed by atoms with Crippen LogP contribution in [0.5, 0.6) is 5.75 Å². The second-order valence-electron chi connectivity index (χ2n) is 8.12. The van der Waals surface area contributed by atoms with Gasteiger partial charge in [-0.2, -0.15) is 0 Å². The topological polar surface area (TPSA) is 87.7 Å². The molecule has 172 valence electrons. The van der Waals surface area contributed by atoms with Crippen LogP contribution in [0.25, 0.3) is 33.9 Å². The molecule has 0 radical (unpaired) electrons. The maximum absolute atomic E-state index is 6.37. The van der Waals surface area contributed by atoms with Crippen molar-refractivity contribution in [1.29, 1.82) is 0 Å².